The lowest BCUT2D eigenvalue weighted by atomic mass is 10.1. The number of aromatic nitrogens is 1. The van der Waals surface area contributed by atoms with E-state index in [9.17, 15) is 0 Å². The minimum atomic E-state index is 0.328. The zero-order valence-corrected chi connectivity index (χ0v) is 9.40. The summed E-state index contributed by atoms with van der Waals surface area (Å²) in [6, 6.07) is 3.97. The second-order valence-electron chi connectivity index (χ2n) is 3.85. The molecule has 0 aromatic carbocycles. The first-order valence-electron chi connectivity index (χ1n) is 5.44. The highest BCUT2D eigenvalue weighted by Gasteiger charge is 2.14. The normalized spacial score (nSPS) is 20.4. The van der Waals surface area contributed by atoms with E-state index in [0.717, 1.165) is 31.9 Å². The van der Waals surface area contributed by atoms with Gasteiger partial charge in [-0.25, -0.2) is 0 Å². The third-order valence-electron chi connectivity index (χ3n) is 2.60. The van der Waals surface area contributed by atoms with Gasteiger partial charge in [0.1, 0.15) is 5.82 Å². The van der Waals surface area contributed by atoms with Gasteiger partial charge in [-0.15, -0.1) is 0 Å². The minimum Gasteiger partial charge on any atom is -0.479 e. The maximum absolute atomic E-state index is 5.69. The van der Waals surface area contributed by atoms with E-state index in [4.69, 9.17) is 15.2 Å². The van der Waals surface area contributed by atoms with Gasteiger partial charge in [-0.1, -0.05) is 0 Å². The molecule has 1 aromatic rings. The molecule has 5 heteroatoms. The molecule has 2 rings (SSSR count). The van der Waals surface area contributed by atoms with Crippen LogP contribution in [0.5, 0.6) is 5.88 Å². The van der Waals surface area contributed by atoms with Gasteiger partial charge >= 0.3 is 0 Å². The van der Waals surface area contributed by atoms with Crippen molar-refractivity contribution in [3.63, 3.8) is 0 Å². The van der Waals surface area contributed by atoms with Crippen molar-refractivity contribution in [2.75, 3.05) is 31.4 Å². The third kappa shape index (κ3) is 2.55. The molecule has 1 aliphatic rings. The lowest BCUT2D eigenvalue weighted by Gasteiger charge is -2.23. The molecule has 0 aliphatic carbocycles. The fourth-order valence-electron chi connectivity index (χ4n) is 1.76. The summed E-state index contributed by atoms with van der Waals surface area (Å²) in [6.45, 7) is 1.59. The number of hydrogen-bond donors (Lipinski definition) is 2. The second kappa shape index (κ2) is 5.03. The second-order valence-corrected chi connectivity index (χ2v) is 3.85. The third-order valence-corrected chi connectivity index (χ3v) is 2.60. The molecule has 88 valence electrons. The van der Waals surface area contributed by atoms with Crippen LogP contribution in [0.2, 0.25) is 0 Å². The SMILES string of the molecule is COc1nc(NC2CCCOC2)ccc1N. The molecule has 3 N–H and O–H groups in total. The van der Waals surface area contributed by atoms with Crippen molar-refractivity contribution in [1.29, 1.82) is 0 Å². The van der Waals surface area contributed by atoms with Crippen molar-refractivity contribution in [2.24, 2.45) is 0 Å². The van der Waals surface area contributed by atoms with E-state index in [1.165, 1.54) is 0 Å². The molecule has 2 heterocycles. The van der Waals surface area contributed by atoms with Crippen LogP contribution in [0.3, 0.4) is 0 Å². The van der Waals surface area contributed by atoms with Gasteiger partial charge in [0.15, 0.2) is 0 Å². The Bertz CT molecular complexity index is 351. The van der Waals surface area contributed by atoms with Crippen LogP contribution in [-0.2, 0) is 4.74 Å². The highest BCUT2D eigenvalue weighted by atomic mass is 16.5. The highest BCUT2D eigenvalue weighted by molar-refractivity contribution is 5.53. The summed E-state index contributed by atoms with van der Waals surface area (Å²) >= 11 is 0. The Labute approximate surface area is 95.0 Å². The number of pyridine rings is 1. The largest absolute Gasteiger partial charge is 0.479 e. The predicted octanol–water partition coefficient (Wildman–Crippen LogP) is 1.26. The number of anilines is 2. The van der Waals surface area contributed by atoms with Crippen molar-refractivity contribution in [3.8, 4) is 5.88 Å². The first-order chi connectivity index (χ1) is 7.79. The molecule has 1 aliphatic heterocycles. The summed E-state index contributed by atoms with van der Waals surface area (Å²) in [5, 5.41) is 3.31. The quantitative estimate of drug-likeness (QED) is 0.807. The number of methoxy groups -OCH3 is 1. The molecular formula is C11H17N3O2. The summed E-state index contributed by atoms with van der Waals surface area (Å²) in [5.74, 6) is 1.24. The van der Waals surface area contributed by atoms with Crippen LogP contribution in [0.4, 0.5) is 11.5 Å². The molecule has 1 fully saturated rings. The first kappa shape index (κ1) is 11.0. The number of nitrogens with one attached hydrogen (secondary N) is 1. The maximum Gasteiger partial charge on any atom is 0.238 e. The molecule has 0 radical (unpaired) electrons. The van der Waals surface area contributed by atoms with E-state index in [-0.39, 0.29) is 0 Å². The van der Waals surface area contributed by atoms with E-state index in [2.05, 4.69) is 10.3 Å². The molecule has 0 saturated carbocycles. The number of nitrogens with two attached hydrogens (primary N) is 1. The highest BCUT2D eigenvalue weighted by Crippen LogP contribution is 2.21. The van der Waals surface area contributed by atoms with Crippen molar-refractivity contribution >= 4 is 11.5 Å². The van der Waals surface area contributed by atoms with E-state index < -0.39 is 0 Å². The van der Waals surface area contributed by atoms with E-state index in [0.29, 0.717) is 17.6 Å². The van der Waals surface area contributed by atoms with Crippen LogP contribution in [0, 0.1) is 0 Å². The van der Waals surface area contributed by atoms with Gasteiger partial charge in [0.25, 0.3) is 0 Å². The molecule has 1 saturated heterocycles. The molecule has 0 bridgehead atoms. The standard InChI is InChI=1S/C11H17N3O2/c1-15-11-9(12)4-5-10(14-11)13-8-3-2-6-16-7-8/h4-5,8H,2-3,6-7,12H2,1H3,(H,13,14). The number of nitrogen functional groups attached to an aromatic ring is 1. The van der Waals surface area contributed by atoms with Gasteiger partial charge in [0, 0.05) is 6.61 Å². The van der Waals surface area contributed by atoms with Gasteiger partial charge < -0.3 is 20.5 Å². The average molecular weight is 223 g/mol. The predicted molar refractivity (Wildman–Crippen MR) is 62.7 cm³/mol. The number of rotatable bonds is 3. The average Bonchev–Trinajstić information content (AvgIpc) is 2.33. The Hall–Kier alpha value is -1.49. The van der Waals surface area contributed by atoms with Crippen LogP contribution in [0.1, 0.15) is 12.8 Å². The number of hydrogen-bond acceptors (Lipinski definition) is 5. The molecule has 1 atom stereocenters. The van der Waals surface area contributed by atoms with Crippen LogP contribution in [0.25, 0.3) is 0 Å². The Kier molecular flexibility index (Phi) is 3.46. The van der Waals surface area contributed by atoms with Crippen molar-refractivity contribution in [1.82, 2.24) is 4.98 Å². The van der Waals surface area contributed by atoms with Crippen molar-refractivity contribution in [3.05, 3.63) is 12.1 Å². The lowest BCUT2D eigenvalue weighted by Crippen LogP contribution is -2.30. The molecule has 0 spiro atoms. The molecule has 1 unspecified atom stereocenters. The summed E-state index contributed by atoms with van der Waals surface area (Å²) < 4.78 is 10.5. The molecule has 0 amide bonds. The van der Waals surface area contributed by atoms with Gasteiger partial charge in [0.2, 0.25) is 5.88 Å². The topological polar surface area (TPSA) is 69.4 Å². The number of nitrogens with zero attached hydrogens (tertiary/aromatic N) is 1. The van der Waals surface area contributed by atoms with Crippen LogP contribution in [0.15, 0.2) is 12.1 Å². The zero-order valence-electron chi connectivity index (χ0n) is 9.40. The fraction of sp³-hybridized carbons (Fsp3) is 0.545. The lowest BCUT2D eigenvalue weighted by molar-refractivity contribution is 0.0875. The fourth-order valence-corrected chi connectivity index (χ4v) is 1.76. The monoisotopic (exact) mass is 223 g/mol. The van der Waals surface area contributed by atoms with Crippen LogP contribution < -0.4 is 15.8 Å². The van der Waals surface area contributed by atoms with Gasteiger partial charge in [0.05, 0.1) is 25.4 Å². The van der Waals surface area contributed by atoms with Gasteiger partial charge in [-0.05, 0) is 25.0 Å². The van der Waals surface area contributed by atoms with Gasteiger partial charge in [-0.2, -0.15) is 4.98 Å². The summed E-state index contributed by atoms with van der Waals surface area (Å²) in [6.07, 6.45) is 2.19. The Morgan fingerprint density at radius 2 is 2.44 bits per heavy atom. The van der Waals surface area contributed by atoms with E-state index in [1.54, 1.807) is 13.2 Å². The van der Waals surface area contributed by atoms with E-state index in [1.807, 2.05) is 6.07 Å². The zero-order chi connectivity index (χ0) is 11.4. The minimum absolute atomic E-state index is 0.328. The first-order valence-corrected chi connectivity index (χ1v) is 5.44. The Morgan fingerprint density at radius 1 is 1.56 bits per heavy atom. The summed E-state index contributed by atoms with van der Waals surface area (Å²) in [5.41, 5.74) is 6.24. The van der Waals surface area contributed by atoms with Crippen LogP contribution in [-0.4, -0.2) is 31.3 Å². The van der Waals surface area contributed by atoms with Crippen molar-refractivity contribution in [2.45, 2.75) is 18.9 Å². The summed E-state index contributed by atoms with van der Waals surface area (Å²) in [7, 11) is 1.56. The maximum atomic E-state index is 5.69. The van der Waals surface area contributed by atoms with Gasteiger partial charge in [-0.3, -0.25) is 0 Å². The molecule has 1 aromatic heterocycles. The van der Waals surface area contributed by atoms with Crippen molar-refractivity contribution < 1.29 is 9.47 Å². The van der Waals surface area contributed by atoms with E-state index >= 15 is 0 Å². The smallest absolute Gasteiger partial charge is 0.238 e. The van der Waals surface area contributed by atoms with Crippen LogP contribution >= 0.6 is 0 Å². The number of ether oxygens (including phenoxy) is 2. The molecule has 5 nitrogen and oxygen atoms in total. The summed E-state index contributed by atoms with van der Waals surface area (Å²) in [4.78, 5) is 4.27. The molecule has 16 heavy (non-hydrogen) atoms. The Morgan fingerprint density at radius 3 is 3.12 bits per heavy atom. The molecular weight excluding hydrogens is 206 g/mol. The Balaban J connectivity index is 2.03.